The molecule has 24 heavy (non-hydrogen) atoms. The van der Waals surface area contributed by atoms with Gasteiger partial charge < -0.3 is 10.8 Å². The second-order valence-electron chi connectivity index (χ2n) is 5.92. The van der Waals surface area contributed by atoms with Crippen LogP contribution in [0.15, 0.2) is 0 Å². The van der Waals surface area contributed by atoms with Crippen LogP contribution in [0.4, 0.5) is 0 Å². The summed E-state index contributed by atoms with van der Waals surface area (Å²) in [7, 11) is 0. The van der Waals surface area contributed by atoms with Crippen LogP contribution in [0.5, 0.6) is 0 Å². The van der Waals surface area contributed by atoms with Crippen LogP contribution in [0, 0.1) is 0 Å². The Morgan fingerprint density at radius 3 is 1.38 bits per heavy atom. The third kappa shape index (κ3) is 12.6. The third-order valence-electron chi connectivity index (χ3n) is 3.68. The maximum atomic E-state index is 11.7. The summed E-state index contributed by atoms with van der Waals surface area (Å²) < 4.78 is 0. The molecule has 0 aromatic carbocycles. The SMILES string of the molecule is CCC(N)CC(=O)CCC(=O)CCC(=O)CCC(=O)CCC(=O)O. The highest BCUT2D eigenvalue weighted by Gasteiger charge is 2.13. The van der Waals surface area contributed by atoms with E-state index in [0.717, 1.165) is 0 Å². The first-order valence-corrected chi connectivity index (χ1v) is 8.28. The first-order valence-electron chi connectivity index (χ1n) is 8.28. The van der Waals surface area contributed by atoms with Crippen molar-refractivity contribution in [2.75, 3.05) is 0 Å². The van der Waals surface area contributed by atoms with Gasteiger partial charge in [-0.3, -0.25) is 24.0 Å². The summed E-state index contributed by atoms with van der Waals surface area (Å²) in [6.45, 7) is 1.89. The molecule has 7 nitrogen and oxygen atoms in total. The fraction of sp³-hybridized carbons (Fsp3) is 0.706. The molecule has 3 N–H and O–H groups in total. The Morgan fingerprint density at radius 2 is 1.04 bits per heavy atom. The normalized spacial score (nSPS) is 11.8. The van der Waals surface area contributed by atoms with E-state index >= 15 is 0 Å². The van der Waals surface area contributed by atoms with Gasteiger partial charge in [0.1, 0.15) is 23.1 Å². The van der Waals surface area contributed by atoms with Crippen molar-refractivity contribution in [2.45, 2.75) is 77.2 Å². The van der Waals surface area contributed by atoms with Crippen molar-refractivity contribution < 1.29 is 29.1 Å². The summed E-state index contributed by atoms with van der Waals surface area (Å²) in [6, 6.07) is -0.173. The lowest BCUT2D eigenvalue weighted by atomic mass is 10.0. The number of aliphatic carboxylic acids is 1. The molecule has 0 aromatic heterocycles. The van der Waals surface area contributed by atoms with Crippen molar-refractivity contribution in [3.8, 4) is 0 Å². The number of carboxylic acids is 1. The minimum absolute atomic E-state index is 0.00763. The summed E-state index contributed by atoms with van der Waals surface area (Å²) in [4.78, 5) is 56.5. The second kappa shape index (κ2) is 12.5. The Hall–Kier alpha value is -1.89. The number of rotatable bonds is 15. The van der Waals surface area contributed by atoms with E-state index in [4.69, 9.17) is 10.8 Å². The molecule has 1 atom stereocenters. The van der Waals surface area contributed by atoms with Crippen molar-refractivity contribution in [2.24, 2.45) is 5.73 Å². The van der Waals surface area contributed by atoms with E-state index in [1.165, 1.54) is 0 Å². The molecule has 0 bridgehead atoms. The number of carboxylic acid groups (broad SMARTS) is 1. The van der Waals surface area contributed by atoms with E-state index in [-0.39, 0.29) is 87.0 Å². The molecule has 0 heterocycles. The fourth-order valence-corrected chi connectivity index (χ4v) is 2.00. The number of nitrogens with two attached hydrogens (primary N) is 1. The van der Waals surface area contributed by atoms with Gasteiger partial charge in [-0.25, -0.2) is 0 Å². The summed E-state index contributed by atoms with van der Waals surface area (Å²) in [5, 5.41) is 8.45. The summed E-state index contributed by atoms with van der Waals surface area (Å²) in [6.07, 6.45) is 1.06. The van der Waals surface area contributed by atoms with Gasteiger partial charge in [0, 0.05) is 57.4 Å². The molecular formula is C17H27NO6. The van der Waals surface area contributed by atoms with Gasteiger partial charge in [-0.05, 0) is 6.42 Å². The van der Waals surface area contributed by atoms with Crippen LogP contribution >= 0.6 is 0 Å². The summed E-state index contributed by atoms with van der Waals surface area (Å²) >= 11 is 0. The Balaban J connectivity index is 3.82. The minimum Gasteiger partial charge on any atom is -0.481 e. The number of Topliss-reactive ketones (excluding diaryl/α,β-unsaturated/α-hetero) is 4. The predicted octanol–water partition coefficient (Wildman–Crippen LogP) is 1.60. The molecule has 0 aliphatic heterocycles. The van der Waals surface area contributed by atoms with Gasteiger partial charge in [-0.1, -0.05) is 6.92 Å². The molecule has 0 radical (unpaired) electrons. The minimum atomic E-state index is -1.05. The molecule has 0 aliphatic carbocycles. The van der Waals surface area contributed by atoms with Crippen LogP contribution < -0.4 is 5.73 Å². The van der Waals surface area contributed by atoms with Crippen LogP contribution in [-0.2, 0) is 24.0 Å². The topological polar surface area (TPSA) is 132 Å². The van der Waals surface area contributed by atoms with E-state index in [1.54, 1.807) is 0 Å². The van der Waals surface area contributed by atoms with Gasteiger partial charge in [0.15, 0.2) is 0 Å². The average molecular weight is 341 g/mol. The van der Waals surface area contributed by atoms with Crippen LogP contribution in [0.3, 0.4) is 0 Å². The molecule has 7 heteroatoms. The number of carbonyl (C=O) groups excluding carboxylic acids is 4. The number of hydrogen-bond acceptors (Lipinski definition) is 6. The van der Waals surface area contributed by atoms with E-state index in [0.29, 0.717) is 6.42 Å². The molecule has 0 amide bonds. The number of ketones is 4. The number of carbonyl (C=O) groups is 5. The Kier molecular flexibility index (Phi) is 11.5. The Labute approximate surface area is 142 Å². The molecule has 0 aromatic rings. The predicted molar refractivity (Wildman–Crippen MR) is 87.5 cm³/mol. The molecule has 136 valence electrons. The first kappa shape index (κ1) is 22.1. The zero-order valence-electron chi connectivity index (χ0n) is 14.2. The Morgan fingerprint density at radius 1 is 0.708 bits per heavy atom. The molecule has 0 aliphatic rings. The third-order valence-corrected chi connectivity index (χ3v) is 3.68. The standard InChI is InChI=1S/C17H27NO6/c1-2-12(18)11-16(22)8-7-14(20)4-3-13(19)5-6-15(21)9-10-17(23)24/h12H,2-11,18H2,1H3,(H,23,24). The molecule has 0 saturated carbocycles. The molecule has 0 rings (SSSR count). The molecular weight excluding hydrogens is 314 g/mol. The maximum absolute atomic E-state index is 11.7. The lowest BCUT2D eigenvalue weighted by Gasteiger charge is -2.06. The van der Waals surface area contributed by atoms with Gasteiger partial charge in [-0.15, -0.1) is 0 Å². The van der Waals surface area contributed by atoms with E-state index in [9.17, 15) is 24.0 Å². The second-order valence-corrected chi connectivity index (χ2v) is 5.92. The Bertz CT molecular complexity index is 472. The zero-order chi connectivity index (χ0) is 18.5. The highest BCUT2D eigenvalue weighted by molar-refractivity contribution is 5.91. The van der Waals surface area contributed by atoms with Gasteiger partial charge in [0.25, 0.3) is 0 Å². The van der Waals surface area contributed by atoms with Gasteiger partial charge in [0.05, 0.1) is 6.42 Å². The van der Waals surface area contributed by atoms with Gasteiger partial charge in [-0.2, -0.15) is 0 Å². The van der Waals surface area contributed by atoms with E-state index in [1.807, 2.05) is 6.92 Å². The highest BCUT2D eigenvalue weighted by Crippen LogP contribution is 2.07. The van der Waals surface area contributed by atoms with Gasteiger partial charge >= 0.3 is 5.97 Å². The highest BCUT2D eigenvalue weighted by atomic mass is 16.4. The van der Waals surface area contributed by atoms with Crippen molar-refractivity contribution in [3.63, 3.8) is 0 Å². The average Bonchev–Trinajstić information content (AvgIpc) is 2.53. The van der Waals surface area contributed by atoms with E-state index in [2.05, 4.69) is 0 Å². The quantitative estimate of drug-likeness (QED) is 0.462. The molecule has 1 unspecified atom stereocenters. The van der Waals surface area contributed by atoms with Crippen molar-refractivity contribution in [1.82, 2.24) is 0 Å². The van der Waals surface area contributed by atoms with Gasteiger partial charge in [0.2, 0.25) is 0 Å². The van der Waals surface area contributed by atoms with Crippen molar-refractivity contribution in [3.05, 3.63) is 0 Å². The molecule has 0 spiro atoms. The lowest BCUT2D eigenvalue weighted by Crippen LogP contribution is -2.22. The largest absolute Gasteiger partial charge is 0.481 e. The molecule has 0 fully saturated rings. The monoisotopic (exact) mass is 341 g/mol. The van der Waals surface area contributed by atoms with Crippen LogP contribution in [-0.4, -0.2) is 40.3 Å². The zero-order valence-corrected chi connectivity index (χ0v) is 14.2. The summed E-state index contributed by atoms with van der Waals surface area (Å²) in [5.41, 5.74) is 5.66. The maximum Gasteiger partial charge on any atom is 0.303 e. The summed E-state index contributed by atoms with van der Waals surface area (Å²) in [5.74, 6) is -1.72. The first-order chi connectivity index (χ1) is 11.2. The van der Waals surface area contributed by atoms with E-state index < -0.39 is 5.97 Å². The van der Waals surface area contributed by atoms with Crippen LogP contribution in [0.25, 0.3) is 0 Å². The van der Waals surface area contributed by atoms with Crippen molar-refractivity contribution in [1.29, 1.82) is 0 Å². The fourth-order valence-electron chi connectivity index (χ4n) is 2.00. The smallest absolute Gasteiger partial charge is 0.303 e. The molecule has 0 saturated heterocycles. The number of hydrogen-bond donors (Lipinski definition) is 2. The lowest BCUT2D eigenvalue weighted by molar-refractivity contribution is -0.138. The van der Waals surface area contributed by atoms with Crippen molar-refractivity contribution >= 4 is 29.1 Å². The van der Waals surface area contributed by atoms with Crippen LogP contribution in [0.1, 0.15) is 71.1 Å². The van der Waals surface area contributed by atoms with Crippen LogP contribution in [0.2, 0.25) is 0 Å².